The van der Waals surface area contributed by atoms with Gasteiger partial charge >= 0.3 is 6.09 Å². The van der Waals surface area contributed by atoms with E-state index in [-0.39, 0.29) is 41.5 Å². The molecule has 1 aliphatic rings. The van der Waals surface area contributed by atoms with Crippen molar-refractivity contribution >= 4 is 23.5 Å². The molecule has 0 bridgehead atoms. The monoisotopic (exact) mass is 508 g/mol. The molecule has 1 saturated heterocycles. The molecule has 3 N–H and O–H groups in total. The van der Waals surface area contributed by atoms with Crippen LogP contribution in [-0.2, 0) is 16.6 Å². The van der Waals surface area contributed by atoms with Crippen molar-refractivity contribution in [3.05, 3.63) is 47.9 Å². The summed E-state index contributed by atoms with van der Waals surface area (Å²) in [7, 11) is 1.48. The fourth-order valence-electron chi connectivity index (χ4n) is 3.42. The van der Waals surface area contributed by atoms with Crippen LogP contribution in [0.25, 0.3) is 11.4 Å². The molecule has 2 amide bonds. The van der Waals surface area contributed by atoms with E-state index in [9.17, 15) is 27.2 Å². The van der Waals surface area contributed by atoms with Crippen LogP contribution in [0.1, 0.15) is 18.6 Å². The Bertz CT molecular complexity index is 1280. The van der Waals surface area contributed by atoms with Crippen molar-refractivity contribution in [2.24, 2.45) is 12.5 Å². The quantitative estimate of drug-likeness (QED) is 0.327. The number of anilines is 2. The van der Waals surface area contributed by atoms with Crippen molar-refractivity contribution in [3.8, 4) is 11.4 Å². The Morgan fingerprint density at radius 3 is 2.53 bits per heavy atom. The number of carbonyl (C=O) groups is 2. The van der Waals surface area contributed by atoms with Gasteiger partial charge in [-0.2, -0.15) is 4.39 Å². The van der Waals surface area contributed by atoms with E-state index < -0.39 is 41.7 Å². The predicted octanol–water partition coefficient (Wildman–Crippen LogP) is 2.65. The van der Waals surface area contributed by atoms with Crippen molar-refractivity contribution < 1.29 is 31.9 Å². The van der Waals surface area contributed by atoms with Gasteiger partial charge < -0.3 is 15.4 Å². The average Bonchev–Trinajstić information content (AvgIpc) is 3.14. The lowest BCUT2D eigenvalue weighted by atomic mass is 9.81. The van der Waals surface area contributed by atoms with Gasteiger partial charge in [-0.25, -0.2) is 27.6 Å². The summed E-state index contributed by atoms with van der Waals surface area (Å²) in [6, 6.07) is 3.75. The summed E-state index contributed by atoms with van der Waals surface area (Å²) in [6.07, 6.45) is -3.05. The second-order valence-electron chi connectivity index (χ2n) is 8.06. The first-order chi connectivity index (χ1) is 17.1. The molecule has 15 heteroatoms. The number of hydrogen-bond acceptors (Lipinski definition) is 8. The van der Waals surface area contributed by atoms with E-state index in [0.29, 0.717) is 6.20 Å². The maximum absolute atomic E-state index is 13.8. The van der Waals surface area contributed by atoms with Gasteiger partial charge in [-0.3, -0.25) is 15.1 Å². The highest BCUT2D eigenvalue weighted by Gasteiger charge is 2.52. The SMILES string of the molecule is C[C@@H](OC(=O)Nc1c(-c2ccc(NC(=O)C3(C(F)F)CNC3)cn2)nnn1C)c1cc(F)cnc1F. The van der Waals surface area contributed by atoms with Crippen LogP contribution < -0.4 is 16.0 Å². The number of carbonyl (C=O) groups excluding carboxylic acids is 2. The lowest BCUT2D eigenvalue weighted by molar-refractivity contribution is -0.140. The maximum atomic E-state index is 13.8. The van der Waals surface area contributed by atoms with E-state index in [1.807, 2.05) is 0 Å². The zero-order valence-corrected chi connectivity index (χ0v) is 18.9. The summed E-state index contributed by atoms with van der Waals surface area (Å²) >= 11 is 0. The van der Waals surface area contributed by atoms with Crippen LogP contribution in [0, 0.1) is 17.2 Å². The van der Waals surface area contributed by atoms with Gasteiger partial charge in [0.05, 0.1) is 29.3 Å². The van der Waals surface area contributed by atoms with Gasteiger partial charge in [0.2, 0.25) is 11.9 Å². The summed E-state index contributed by atoms with van der Waals surface area (Å²) < 4.78 is 60.2. The summed E-state index contributed by atoms with van der Waals surface area (Å²) in [6.45, 7) is 1.08. The number of ether oxygens (including phenoxy) is 1. The number of nitrogens with zero attached hydrogens (tertiary/aromatic N) is 5. The molecule has 3 aromatic rings. The smallest absolute Gasteiger partial charge is 0.413 e. The molecule has 0 saturated carbocycles. The van der Waals surface area contributed by atoms with E-state index in [4.69, 9.17) is 4.74 Å². The number of halogens is 4. The molecule has 0 radical (unpaired) electrons. The number of rotatable bonds is 7. The maximum Gasteiger partial charge on any atom is 0.413 e. The van der Waals surface area contributed by atoms with Crippen LogP contribution in [0.3, 0.4) is 0 Å². The van der Waals surface area contributed by atoms with Gasteiger partial charge in [0, 0.05) is 20.1 Å². The lowest BCUT2D eigenvalue weighted by Gasteiger charge is -2.39. The topological polar surface area (TPSA) is 136 Å². The minimum absolute atomic E-state index is 0.0755. The van der Waals surface area contributed by atoms with Gasteiger partial charge in [0.1, 0.15) is 17.3 Å². The highest BCUT2D eigenvalue weighted by Crippen LogP contribution is 2.32. The Balaban J connectivity index is 1.45. The van der Waals surface area contributed by atoms with Crippen LogP contribution in [-0.4, -0.2) is 56.5 Å². The van der Waals surface area contributed by atoms with E-state index >= 15 is 0 Å². The van der Waals surface area contributed by atoms with E-state index in [0.717, 1.165) is 6.07 Å². The highest BCUT2D eigenvalue weighted by molar-refractivity contribution is 5.97. The molecule has 4 heterocycles. The summed E-state index contributed by atoms with van der Waals surface area (Å²) in [5.74, 6) is -2.52. The molecule has 1 fully saturated rings. The number of aryl methyl sites for hydroxylation is 1. The molecule has 4 rings (SSSR count). The molecule has 36 heavy (non-hydrogen) atoms. The Labute approximate surface area is 201 Å². The number of nitrogens with one attached hydrogen (secondary N) is 3. The van der Waals surface area contributed by atoms with E-state index in [1.165, 1.54) is 37.0 Å². The largest absolute Gasteiger partial charge is 0.441 e. The number of aromatic nitrogens is 5. The van der Waals surface area contributed by atoms with Crippen molar-refractivity contribution in [2.75, 3.05) is 23.7 Å². The summed E-state index contributed by atoms with van der Waals surface area (Å²) in [5, 5.41) is 15.3. The molecule has 190 valence electrons. The Morgan fingerprint density at radius 2 is 1.92 bits per heavy atom. The second-order valence-corrected chi connectivity index (χ2v) is 8.06. The average molecular weight is 508 g/mol. The first-order valence-corrected chi connectivity index (χ1v) is 10.6. The molecule has 1 atom stereocenters. The van der Waals surface area contributed by atoms with Crippen LogP contribution >= 0.6 is 0 Å². The standard InChI is InChI=1S/C21H20F4N8O3/c1-10(13-5-11(22)6-28-16(13)23)36-20(35)30-17-15(31-32-33(17)2)14-4-3-12(7-27-14)29-19(34)21(18(24)25)8-26-9-21/h3-7,10,18,26H,8-9H2,1-2H3,(H,29,34)(H,30,35)/t10-/m1/s1. The van der Waals surface area contributed by atoms with Crippen molar-refractivity contribution in [2.45, 2.75) is 19.5 Å². The van der Waals surface area contributed by atoms with E-state index in [2.05, 4.69) is 36.2 Å². The molecule has 1 aliphatic heterocycles. The van der Waals surface area contributed by atoms with Gasteiger partial charge in [0.25, 0.3) is 6.43 Å². The van der Waals surface area contributed by atoms with Crippen molar-refractivity contribution in [3.63, 3.8) is 0 Å². The first-order valence-electron chi connectivity index (χ1n) is 10.6. The summed E-state index contributed by atoms with van der Waals surface area (Å²) in [5.41, 5.74) is -1.49. The van der Waals surface area contributed by atoms with Crippen molar-refractivity contribution in [1.82, 2.24) is 30.3 Å². The molecule has 0 spiro atoms. The molecule has 0 unspecified atom stereocenters. The van der Waals surface area contributed by atoms with E-state index in [1.54, 1.807) is 0 Å². The summed E-state index contributed by atoms with van der Waals surface area (Å²) in [4.78, 5) is 32.2. The van der Waals surface area contributed by atoms with Gasteiger partial charge in [-0.15, -0.1) is 5.10 Å². The minimum Gasteiger partial charge on any atom is -0.441 e. The van der Waals surface area contributed by atoms with Gasteiger partial charge in [-0.05, 0) is 25.1 Å². The van der Waals surface area contributed by atoms with Crippen LogP contribution in [0.2, 0.25) is 0 Å². The zero-order valence-electron chi connectivity index (χ0n) is 18.9. The molecule has 3 aromatic heterocycles. The molecule has 0 aliphatic carbocycles. The predicted molar refractivity (Wildman–Crippen MR) is 117 cm³/mol. The molecule has 0 aromatic carbocycles. The normalized spacial score (nSPS) is 15.2. The Hall–Kier alpha value is -4.14. The number of hydrogen-bond donors (Lipinski definition) is 3. The van der Waals surface area contributed by atoms with Crippen LogP contribution in [0.15, 0.2) is 30.6 Å². The van der Waals surface area contributed by atoms with Crippen molar-refractivity contribution in [1.29, 1.82) is 0 Å². The Morgan fingerprint density at radius 1 is 1.17 bits per heavy atom. The Kier molecular flexibility index (Phi) is 6.83. The third-order valence-corrected chi connectivity index (χ3v) is 5.62. The number of pyridine rings is 2. The second kappa shape index (κ2) is 9.85. The third-order valence-electron chi connectivity index (χ3n) is 5.62. The third kappa shape index (κ3) is 4.82. The molecular formula is C21H20F4N8O3. The first kappa shape index (κ1) is 25.0. The van der Waals surface area contributed by atoms with Crippen LogP contribution in [0.4, 0.5) is 33.9 Å². The fourth-order valence-corrected chi connectivity index (χ4v) is 3.42. The fraction of sp³-hybridized carbons (Fsp3) is 0.333. The minimum atomic E-state index is -2.82. The van der Waals surface area contributed by atoms with Gasteiger partial charge in [0.15, 0.2) is 11.5 Å². The molecule has 11 nitrogen and oxygen atoms in total. The van der Waals surface area contributed by atoms with Gasteiger partial charge in [-0.1, -0.05) is 5.21 Å². The zero-order chi connectivity index (χ0) is 26.0. The van der Waals surface area contributed by atoms with Crippen LogP contribution in [0.5, 0.6) is 0 Å². The number of alkyl halides is 2. The lowest BCUT2D eigenvalue weighted by Crippen LogP contribution is -2.63. The molecular weight excluding hydrogens is 488 g/mol. The highest BCUT2D eigenvalue weighted by atomic mass is 19.3. The number of amides is 2.